The highest BCUT2D eigenvalue weighted by atomic mass is 16.5. The molecule has 146 valence electrons. The van der Waals surface area contributed by atoms with E-state index < -0.39 is 29.7 Å². The number of rotatable bonds is 3. The second-order valence-corrected chi connectivity index (χ2v) is 7.56. The molecule has 7 nitrogen and oxygen atoms in total. The molecular formula is C22H20N3O4+. The van der Waals surface area contributed by atoms with Crippen molar-refractivity contribution in [3.05, 3.63) is 65.9 Å². The van der Waals surface area contributed by atoms with Crippen LogP contribution in [-0.2, 0) is 14.4 Å². The first-order valence-corrected chi connectivity index (χ1v) is 9.48. The van der Waals surface area contributed by atoms with Crippen LogP contribution >= 0.6 is 0 Å². The Balaban J connectivity index is 1.66. The zero-order valence-electron chi connectivity index (χ0n) is 15.7. The smallest absolute Gasteiger partial charge is 0.277 e. The number of methoxy groups -OCH3 is 1. The Hall–Kier alpha value is -3.45. The maximum atomic E-state index is 13.6. The highest BCUT2D eigenvalue weighted by Gasteiger charge is 2.68. The summed E-state index contributed by atoms with van der Waals surface area (Å²) in [5.74, 6) is -2.34. The maximum Gasteiger partial charge on any atom is 0.277 e. The number of nitrogens with zero attached hydrogens (tertiary/aromatic N) is 1. The largest absolute Gasteiger partial charge is 0.495 e. The molecular weight excluding hydrogens is 370 g/mol. The normalized spacial score (nSPS) is 29.4. The number of amides is 3. The van der Waals surface area contributed by atoms with Crippen molar-refractivity contribution in [2.45, 2.75) is 12.1 Å². The van der Waals surface area contributed by atoms with Crippen molar-refractivity contribution in [2.24, 2.45) is 17.6 Å². The van der Waals surface area contributed by atoms with Gasteiger partial charge in [-0.15, -0.1) is 0 Å². The Morgan fingerprint density at radius 3 is 2.48 bits per heavy atom. The number of imide groups is 1. The van der Waals surface area contributed by atoms with E-state index in [0.29, 0.717) is 11.4 Å². The summed E-state index contributed by atoms with van der Waals surface area (Å²) in [6, 6.07) is 13.5. The van der Waals surface area contributed by atoms with Crippen LogP contribution in [0.25, 0.3) is 6.08 Å². The molecule has 3 aliphatic rings. The van der Waals surface area contributed by atoms with E-state index in [1.807, 2.05) is 36.5 Å². The van der Waals surface area contributed by atoms with Crippen molar-refractivity contribution in [1.82, 2.24) is 0 Å². The van der Waals surface area contributed by atoms with Gasteiger partial charge in [-0.05, 0) is 23.8 Å². The van der Waals surface area contributed by atoms with Crippen molar-refractivity contribution in [2.75, 3.05) is 12.0 Å². The quantitative estimate of drug-likeness (QED) is 0.736. The SMILES string of the molecule is COc1ccccc1N1C(=O)[C@@H]2[C@H](C1=O)[C@H]1c3ccccc3C=C[NH+]1[C@@H]2C(N)=O. The molecule has 2 saturated heterocycles. The molecule has 2 fully saturated rings. The van der Waals surface area contributed by atoms with Crippen LogP contribution < -0.4 is 20.3 Å². The maximum absolute atomic E-state index is 13.6. The molecule has 29 heavy (non-hydrogen) atoms. The molecule has 2 aromatic rings. The number of benzene rings is 2. The van der Waals surface area contributed by atoms with Gasteiger partial charge in [-0.2, -0.15) is 0 Å². The third-order valence-electron chi connectivity index (χ3n) is 6.25. The van der Waals surface area contributed by atoms with Crippen LogP contribution in [-0.4, -0.2) is 30.9 Å². The number of para-hydroxylation sites is 2. The third-order valence-corrected chi connectivity index (χ3v) is 6.25. The summed E-state index contributed by atoms with van der Waals surface area (Å²) in [6.45, 7) is 0. The Morgan fingerprint density at radius 1 is 1.03 bits per heavy atom. The fraction of sp³-hybridized carbons (Fsp3) is 0.227. The number of ether oxygens (including phenoxy) is 1. The predicted octanol–water partition coefficient (Wildman–Crippen LogP) is 0.279. The molecule has 2 aromatic carbocycles. The lowest BCUT2D eigenvalue weighted by molar-refractivity contribution is -0.884. The lowest BCUT2D eigenvalue weighted by atomic mass is 9.84. The molecule has 5 atom stereocenters. The van der Waals surface area contributed by atoms with E-state index in [1.54, 1.807) is 24.3 Å². The van der Waals surface area contributed by atoms with Gasteiger partial charge in [0.15, 0.2) is 6.04 Å². The third kappa shape index (κ3) is 2.31. The van der Waals surface area contributed by atoms with Crippen molar-refractivity contribution < 1.29 is 24.0 Å². The summed E-state index contributed by atoms with van der Waals surface area (Å²) in [7, 11) is 1.49. The molecule has 0 spiro atoms. The lowest BCUT2D eigenvalue weighted by Gasteiger charge is -2.30. The topological polar surface area (TPSA) is 94.1 Å². The Kier molecular flexibility index (Phi) is 3.82. The van der Waals surface area contributed by atoms with Gasteiger partial charge in [0.1, 0.15) is 23.6 Å². The molecule has 5 rings (SSSR count). The molecule has 3 N–H and O–H groups in total. The number of carbonyl (C=O) groups excluding carboxylic acids is 3. The van der Waals surface area contributed by atoms with Gasteiger partial charge >= 0.3 is 0 Å². The number of hydrogen-bond donors (Lipinski definition) is 2. The summed E-state index contributed by atoms with van der Waals surface area (Å²) in [4.78, 5) is 41.3. The fourth-order valence-corrected chi connectivity index (χ4v) is 5.13. The molecule has 7 heteroatoms. The van der Waals surface area contributed by atoms with E-state index in [-0.39, 0.29) is 11.9 Å². The van der Waals surface area contributed by atoms with Gasteiger partial charge in [0.25, 0.3) is 5.91 Å². The van der Waals surface area contributed by atoms with Crippen LogP contribution in [0.15, 0.2) is 54.7 Å². The second kappa shape index (κ2) is 6.28. The van der Waals surface area contributed by atoms with E-state index in [1.165, 1.54) is 12.0 Å². The van der Waals surface area contributed by atoms with Crippen LogP contribution in [0, 0.1) is 11.8 Å². The van der Waals surface area contributed by atoms with Gasteiger partial charge < -0.3 is 10.5 Å². The average Bonchev–Trinajstić information content (AvgIpc) is 3.21. The molecule has 0 radical (unpaired) electrons. The monoisotopic (exact) mass is 390 g/mol. The van der Waals surface area contributed by atoms with Crippen molar-refractivity contribution in [3.63, 3.8) is 0 Å². The first-order chi connectivity index (χ1) is 14.0. The van der Waals surface area contributed by atoms with Crippen LogP contribution in [0.5, 0.6) is 5.75 Å². The minimum Gasteiger partial charge on any atom is -0.495 e. The number of primary amides is 1. The van der Waals surface area contributed by atoms with Gasteiger partial charge in [-0.3, -0.25) is 19.3 Å². The van der Waals surface area contributed by atoms with Gasteiger partial charge in [0.05, 0.1) is 19.0 Å². The minimum absolute atomic E-state index is 0.319. The van der Waals surface area contributed by atoms with E-state index in [2.05, 4.69) is 0 Å². The number of carbonyl (C=O) groups is 3. The zero-order chi connectivity index (χ0) is 20.3. The van der Waals surface area contributed by atoms with Crippen molar-refractivity contribution >= 4 is 29.5 Å². The number of hydrogen-bond acceptors (Lipinski definition) is 4. The standard InChI is InChI=1S/C22H19N3O4/c1-29-15-9-5-4-8-14(15)25-21(27)16-17(22(25)28)19(20(23)26)24-11-10-12-6-2-3-7-13(12)18(16)24/h2-11,16-19H,1H3,(H2,23,26)/p+1/t16-,17+,18+,19-/m0/s1. The van der Waals surface area contributed by atoms with E-state index >= 15 is 0 Å². The average molecular weight is 390 g/mol. The van der Waals surface area contributed by atoms with Crippen molar-refractivity contribution in [1.29, 1.82) is 0 Å². The van der Waals surface area contributed by atoms with Crippen LogP contribution in [0.4, 0.5) is 5.69 Å². The highest BCUT2D eigenvalue weighted by molar-refractivity contribution is 6.24. The summed E-state index contributed by atoms with van der Waals surface area (Å²) in [5.41, 5.74) is 8.06. The number of nitrogens with one attached hydrogen (secondary N) is 1. The van der Waals surface area contributed by atoms with Gasteiger partial charge in [-0.25, -0.2) is 4.90 Å². The van der Waals surface area contributed by atoms with E-state index in [9.17, 15) is 14.4 Å². The summed E-state index contributed by atoms with van der Waals surface area (Å²) in [6.07, 6.45) is 3.78. The first kappa shape index (κ1) is 17.6. The van der Waals surface area contributed by atoms with Crippen LogP contribution in [0.1, 0.15) is 17.2 Å². The molecule has 0 aliphatic carbocycles. The van der Waals surface area contributed by atoms with Gasteiger partial charge in [-0.1, -0.05) is 36.4 Å². The summed E-state index contributed by atoms with van der Waals surface area (Å²) < 4.78 is 5.36. The minimum atomic E-state index is -0.805. The number of anilines is 1. The molecule has 3 aliphatic heterocycles. The second-order valence-electron chi connectivity index (χ2n) is 7.56. The van der Waals surface area contributed by atoms with Gasteiger partial charge in [0, 0.05) is 5.56 Å². The molecule has 0 bridgehead atoms. The molecule has 0 aromatic heterocycles. The van der Waals surface area contributed by atoms with Gasteiger partial charge in [0.2, 0.25) is 11.8 Å². The summed E-state index contributed by atoms with van der Waals surface area (Å²) >= 11 is 0. The molecule has 3 amide bonds. The van der Waals surface area contributed by atoms with Crippen LogP contribution in [0.3, 0.4) is 0 Å². The van der Waals surface area contributed by atoms with Crippen molar-refractivity contribution in [3.8, 4) is 5.75 Å². The predicted molar refractivity (Wildman–Crippen MR) is 105 cm³/mol. The first-order valence-electron chi connectivity index (χ1n) is 9.48. The number of nitrogens with two attached hydrogens (primary N) is 1. The summed E-state index contributed by atoms with van der Waals surface area (Å²) in [5, 5.41) is 0. The Morgan fingerprint density at radius 2 is 1.72 bits per heavy atom. The molecule has 0 saturated carbocycles. The number of quaternary nitrogens is 1. The van der Waals surface area contributed by atoms with Crippen LogP contribution in [0.2, 0.25) is 0 Å². The highest BCUT2D eigenvalue weighted by Crippen LogP contribution is 2.45. The van der Waals surface area contributed by atoms with E-state index in [4.69, 9.17) is 10.5 Å². The van der Waals surface area contributed by atoms with E-state index in [0.717, 1.165) is 16.0 Å². The number of fused-ring (bicyclic) bond motifs is 5. The molecule has 3 heterocycles. The Labute approximate surface area is 167 Å². The fourth-order valence-electron chi connectivity index (χ4n) is 5.13. The molecule has 1 unspecified atom stereocenters. The Bertz CT molecular complexity index is 1080. The zero-order valence-corrected chi connectivity index (χ0v) is 15.7. The lowest BCUT2D eigenvalue weighted by Crippen LogP contribution is -3.12.